The van der Waals surface area contributed by atoms with Crippen LogP contribution in [0.25, 0.3) is 5.65 Å². The molecule has 3 heterocycles. The van der Waals surface area contributed by atoms with Gasteiger partial charge in [-0.15, -0.1) is 5.10 Å². The molecule has 3 rings (SSSR count). The lowest BCUT2D eigenvalue weighted by Gasteiger charge is -2.10. The van der Waals surface area contributed by atoms with Crippen molar-refractivity contribution < 1.29 is 9.53 Å². The van der Waals surface area contributed by atoms with Crippen molar-refractivity contribution in [3.63, 3.8) is 0 Å². The summed E-state index contributed by atoms with van der Waals surface area (Å²) >= 11 is 0. The van der Waals surface area contributed by atoms with Gasteiger partial charge < -0.3 is 10.1 Å². The topological polar surface area (TPSA) is 80.5 Å². The van der Waals surface area contributed by atoms with Crippen LogP contribution in [0, 0.1) is 0 Å². The SMILES string of the molecule is O=C(NCC1CCCO1)Nc1nc2ccccn2n1. The van der Waals surface area contributed by atoms with Crippen LogP contribution in [0.4, 0.5) is 10.7 Å². The van der Waals surface area contributed by atoms with Gasteiger partial charge in [0.1, 0.15) is 0 Å². The van der Waals surface area contributed by atoms with E-state index in [2.05, 4.69) is 20.7 Å². The van der Waals surface area contributed by atoms with Crippen LogP contribution in [-0.4, -0.2) is 39.9 Å². The first-order valence-electron chi connectivity index (χ1n) is 6.29. The Labute approximate surface area is 110 Å². The highest BCUT2D eigenvalue weighted by molar-refractivity contribution is 5.87. The van der Waals surface area contributed by atoms with Crippen molar-refractivity contribution in [3.05, 3.63) is 24.4 Å². The maximum absolute atomic E-state index is 11.7. The fraction of sp³-hybridized carbons (Fsp3) is 0.417. The molecule has 2 amide bonds. The number of hydrogen-bond donors (Lipinski definition) is 2. The molecule has 2 aromatic heterocycles. The molecule has 2 aromatic rings. The average Bonchev–Trinajstić information content (AvgIpc) is 3.04. The minimum atomic E-state index is -0.314. The number of pyridine rings is 1. The largest absolute Gasteiger partial charge is 0.376 e. The molecule has 2 N–H and O–H groups in total. The molecule has 1 aliphatic rings. The standard InChI is InChI=1S/C12H15N5O2/c18-12(13-8-9-4-3-7-19-9)15-11-14-10-5-1-2-6-17(10)16-11/h1-2,5-6,9H,3-4,7-8H2,(H2,13,15,16,18). The number of rotatable bonds is 3. The Hall–Kier alpha value is -2.15. The second-order valence-electron chi connectivity index (χ2n) is 4.41. The Bertz CT molecular complexity index is 543. The number of fused-ring (bicyclic) bond motifs is 1. The molecule has 1 unspecified atom stereocenters. The molecule has 100 valence electrons. The fourth-order valence-corrected chi connectivity index (χ4v) is 2.04. The third-order valence-corrected chi connectivity index (χ3v) is 2.98. The number of hydrogen-bond acceptors (Lipinski definition) is 4. The van der Waals surface area contributed by atoms with E-state index in [4.69, 9.17) is 4.74 Å². The number of nitrogens with one attached hydrogen (secondary N) is 2. The number of nitrogens with zero attached hydrogens (tertiary/aromatic N) is 3. The molecule has 7 nitrogen and oxygen atoms in total. The monoisotopic (exact) mass is 261 g/mol. The van der Waals surface area contributed by atoms with Gasteiger partial charge in [0.2, 0.25) is 0 Å². The second kappa shape index (κ2) is 5.23. The van der Waals surface area contributed by atoms with E-state index in [0.717, 1.165) is 19.4 Å². The quantitative estimate of drug-likeness (QED) is 0.864. The van der Waals surface area contributed by atoms with E-state index in [-0.39, 0.29) is 18.1 Å². The minimum absolute atomic E-state index is 0.125. The first kappa shape index (κ1) is 11.9. The zero-order valence-corrected chi connectivity index (χ0v) is 10.4. The highest BCUT2D eigenvalue weighted by Crippen LogP contribution is 2.10. The van der Waals surface area contributed by atoms with E-state index in [9.17, 15) is 4.79 Å². The van der Waals surface area contributed by atoms with Crippen LogP contribution in [0.2, 0.25) is 0 Å². The second-order valence-corrected chi connectivity index (χ2v) is 4.41. The summed E-state index contributed by atoms with van der Waals surface area (Å²) in [6, 6.07) is 5.22. The van der Waals surface area contributed by atoms with Gasteiger partial charge in [0.25, 0.3) is 5.95 Å². The molecule has 1 saturated heterocycles. The molecule has 7 heteroatoms. The smallest absolute Gasteiger partial charge is 0.321 e. The lowest BCUT2D eigenvalue weighted by atomic mass is 10.2. The van der Waals surface area contributed by atoms with Gasteiger partial charge >= 0.3 is 6.03 Å². The molecule has 1 aliphatic heterocycles. The van der Waals surface area contributed by atoms with Crippen molar-refractivity contribution in [3.8, 4) is 0 Å². The molecule has 1 fully saturated rings. The number of carbonyl (C=O) groups excluding carboxylic acids is 1. The normalized spacial score (nSPS) is 18.6. The summed E-state index contributed by atoms with van der Waals surface area (Å²) in [6.45, 7) is 1.29. The van der Waals surface area contributed by atoms with Crippen molar-refractivity contribution in [1.29, 1.82) is 0 Å². The summed E-state index contributed by atoms with van der Waals surface area (Å²) < 4.78 is 7.03. The third-order valence-electron chi connectivity index (χ3n) is 2.98. The van der Waals surface area contributed by atoms with Gasteiger partial charge in [0.05, 0.1) is 6.10 Å². The van der Waals surface area contributed by atoms with E-state index in [1.165, 1.54) is 0 Å². The Kier molecular flexibility index (Phi) is 3.28. The molecule has 0 aliphatic carbocycles. The number of amides is 2. The molecular weight excluding hydrogens is 246 g/mol. The zero-order valence-electron chi connectivity index (χ0n) is 10.4. The zero-order chi connectivity index (χ0) is 13.1. The number of aromatic nitrogens is 3. The Morgan fingerprint density at radius 3 is 3.26 bits per heavy atom. The van der Waals surface area contributed by atoms with E-state index < -0.39 is 0 Å². The van der Waals surface area contributed by atoms with Crippen LogP contribution in [0.1, 0.15) is 12.8 Å². The summed E-state index contributed by atoms with van der Waals surface area (Å²) in [5, 5.41) is 9.49. The lowest BCUT2D eigenvalue weighted by Crippen LogP contribution is -2.35. The summed E-state index contributed by atoms with van der Waals surface area (Å²) in [7, 11) is 0. The number of urea groups is 1. The number of carbonyl (C=O) groups is 1. The number of anilines is 1. The molecule has 0 saturated carbocycles. The lowest BCUT2D eigenvalue weighted by molar-refractivity contribution is 0.112. The van der Waals surface area contributed by atoms with Crippen LogP contribution in [0.15, 0.2) is 24.4 Å². The molecular formula is C12H15N5O2. The third kappa shape index (κ3) is 2.82. The van der Waals surface area contributed by atoms with Gasteiger partial charge in [-0.2, -0.15) is 4.98 Å². The van der Waals surface area contributed by atoms with Gasteiger partial charge in [-0.05, 0) is 25.0 Å². The van der Waals surface area contributed by atoms with E-state index in [1.54, 1.807) is 10.7 Å². The summed E-state index contributed by atoms with van der Waals surface area (Å²) in [4.78, 5) is 15.9. The van der Waals surface area contributed by atoms with Gasteiger partial charge in [-0.3, -0.25) is 5.32 Å². The van der Waals surface area contributed by atoms with Crippen molar-refractivity contribution in [2.75, 3.05) is 18.5 Å². The van der Waals surface area contributed by atoms with Gasteiger partial charge in [0.15, 0.2) is 5.65 Å². The summed E-state index contributed by atoms with van der Waals surface area (Å²) in [5.74, 6) is 0.288. The average molecular weight is 261 g/mol. The molecule has 0 spiro atoms. The predicted octanol–water partition coefficient (Wildman–Crippen LogP) is 1.03. The van der Waals surface area contributed by atoms with Crippen LogP contribution in [0.3, 0.4) is 0 Å². The Morgan fingerprint density at radius 2 is 2.47 bits per heavy atom. The van der Waals surface area contributed by atoms with E-state index in [0.29, 0.717) is 12.2 Å². The van der Waals surface area contributed by atoms with Crippen LogP contribution < -0.4 is 10.6 Å². The highest BCUT2D eigenvalue weighted by atomic mass is 16.5. The number of ether oxygens (including phenoxy) is 1. The summed E-state index contributed by atoms with van der Waals surface area (Å²) in [6.07, 6.45) is 3.95. The van der Waals surface area contributed by atoms with Crippen LogP contribution in [0.5, 0.6) is 0 Å². The van der Waals surface area contributed by atoms with Crippen molar-refractivity contribution in [2.24, 2.45) is 0 Å². The molecule has 19 heavy (non-hydrogen) atoms. The highest BCUT2D eigenvalue weighted by Gasteiger charge is 2.16. The van der Waals surface area contributed by atoms with Crippen LogP contribution in [-0.2, 0) is 4.74 Å². The Balaban J connectivity index is 1.56. The maximum Gasteiger partial charge on any atom is 0.321 e. The Morgan fingerprint density at radius 1 is 1.53 bits per heavy atom. The maximum atomic E-state index is 11.7. The van der Waals surface area contributed by atoms with Crippen molar-refractivity contribution >= 4 is 17.6 Å². The summed E-state index contributed by atoms with van der Waals surface area (Å²) in [5.41, 5.74) is 0.692. The minimum Gasteiger partial charge on any atom is -0.376 e. The van der Waals surface area contributed by atoms with Gasteiger partial charge in [-0.25, -0.2) is 9.31 Å². The fourth-order valence-electron chi connectivity index (χ4n) is 2.04. The predicted molar refractivity (Wildman–Crippen MR) is 69.0 cm³/mol. The van der Waals surface area contributed by atoms with E-state index >= 15 is 0 Å². The molecule has 0 radical (unpaired) electrons. The van der Waals surface area contributed by atoms with Crippen LogP contribution >= 0.6 is 0 Å². The molecule has 1 atom stereocenters. The van der Waals surface area contributed by atoms with Gasteiger partial charge in [-0.1, -0.05) is 6.07 Å². The first-order valence-corrected chi connectivity index (χ1v) is 6.29. The molecule has 0 bridgehead atoms. The first-order chi connectivity index (χ1) is 9.31. The molecule has 0 aromatic carbocycles. The van der Waals surface area contributed by atoms with Gasteiger partial charge in [0, 0.05) is 19.3 Å². The van der Waals surface area contributed by atoms with Crippen molar-refractivity contribution in [1.82, 2.24) is 19.9 Å². The van der Waals surface area contributed by atoms with E-state index in [1.807, 2.05) is 18.2 Å². The van der Waals surface area contributed by atoms with Crippen molar-refractivity contribution in [2.45, 2.75) is 18.9 Å².